The lowest BCUT2D eigenvalue weighted by atomic mass is 10.1. The molecule has 4 rings (SSSR count). The van der Waals surface area contributed by atoms with Crippen LogP contribution in [0, 0.1) is 0 Å². The zero-order valence-corrected chi connectivity index (χ0v) is 16.0. The van der Waals surface area contributed by atoms with Gasteiger partial charge in [0, 0.05) is 28.6 Å². The van der Waals surface area contributed by atoms with Crippen LogP contribution in [-0.4, -0.2) is 15.8 Å². The number of ketones is 1. The Bertz CT molecular complexity index is 1110. The summed E-state index contributed by atoms with van der Waals surface area (Å²) in [5.41, 5.74) is 4.24. The number of para-hydroxylation sites is 1. The SMILES string of the molecule is CC(=O)c1ccc(Nc2cc(-c3ccccc3)nc(Nc3ccccc3)n2)cc1. The molecular formula is C24H20N4O. The van der Waals surface area contributed by atoms with Gasteiger partial charge >= 0.3 is 0 Å². The number of benzene rings is 3. The van der Waals surface area contributed by atoms with Crippen LogP contribution in [0.2, 0.25) is 0 Å². The van der Waals surface area contributed by atoms with Crippen molar-refractivity contribution in [1.29, 1.82) is 0 Å². The summed E-state index contributed by atoms with van der Waals surface area (Å²) in [6, 6.07) is 29.0. The van der Waals surface area contributed by atoms with Gasteiger partial charge in [0.25, 0.3) is 0 Å². The van der Waals surface area contributed by atoms with Crippen molar-refractivity contribution in [3.63, 3.8) is 0 Å². The van der Waals surface area contributed by atoms with Crippen molar-refractivity contribution in [2.45, 2.75) is 6.92 Å². The van der Waals surface area contributed by atoms with Gasteiger partial charge in [-0.05, 0) is 43.3 Å². The van der Waals surface area contributed by atoms with Crippen molar-refractivity contribution in [2.75, 3.05) is 10.6 Å². The van der Waals surface area contributed by atoms with E-state index in [9.17, 15) is 4.79 Å². The highest BCUT2D eigenvalue weighted by Gasteiger charge is 2.08. The van der Waals surface area contributed by atoms with Gasteiger partial charge in [-0.3, -0.25) is 4.79 Å². The number of rotatable bonds is 6. The Morgan fingerprint density at radius 2 is 1.34 bits per heavy atom. The van der Waals surface area contributed by atoms with Crippen LogP contribution in [-0.2, 0) is 0 Å². The number of anilines is 4. The molecule has 0 unspecified atom stereocenters. The molecular weight excluding hydrogens is 360 g/mol. The number of carbonyl (C=O) groups excluding carboxylic acids is 1. The maximum absolute atomic E-state index is 11.5. The molecule has 0 saturated carbocycles. The molecule has 0 atom stereocenters. The Morgan fingerprint density at radius 1 is 0.724 bits per heavy atom. The van der Waals surface area contributed by atoms with Crippen molar-refractivity contribution < 1.29 is 4.79 Å². The molecule has 0 aliphatic carbocycles. The van der Waals surface area contributed by atoms with Gasteiger partial charge < -0.3 is 10.6 Å². The lowest BCUT2D eigenvalue weighted by Gasteiger charge is -2.12. The second-order valence-corrected chi connectivity index (χ2v) is 6.58. The quantitative estimate of drug-likeness (QED) is 0.412. The minimum Gasteiger partial charge on any atom is -0.340 e. The maximum Gasteiger partial charge on any atom is 0.229 e. The smallest absolute Gasteiger partial charge is 0.229 e. The maximum atomic E-state index is 11.5. The number of nitrogens with zero attached hydrogens (tertiary/aromatic N) is 2. The number of Topliss-reactive ketones (excluding diaryl/α,β-unsaturated/α-hetero) is 1. The van der Waals surface area contributed by atoms with Crippen molar-refractivity contribution in [3.8, 4) is 11.3 Å². The van der Waals surface area contributed by atoms with E-state index >= 15 is 0 Å². The number of hydrogen-bond donors (Lipinski definition) is 2. The van der Waals surface area contributed by atoms with Crippen LogP contribution in [0.1, 0.15) is 17.3 Å². The molecule has 1 heterocycles. The third-order valence-electron chi connectivity index (χ3n) is 4.39. The van der Waals surface area contributed by atoms with Crippen LogP contribution in [0.25, 0.3) is 11.3 Å². The van der Waals surface area contributed by atoms with Crippen LogP contribution in [0.5, 0.6) is 0 Å². The molecule has 4 aromatic rings. The lowest BCUT2D eigenvalue weighted by molar-refractivity contribution is 0.101. The molecule has 0 radical (unpaired) electrons. The van der Waals surface area contributed by atoms with Gasteiger partial charge in [0.1, 0.15) is 5.82 Å². The Morgan fingerprint density at radius 3 is 2.00 bits per heavy atom. The van der Waals surface area contributed by atoms with Gasteiger partial charge in [-0.1, -0.05) is 48.5 Å². The zero-order chi connectivity index (χ0) is 20.1. The second-order valence-electron chi connectivity index (χ2n) is 6.58. The molecule has 5 heteroatoms. The fourth-order valence-corrected chi connectivity index (χ4v) is 2.91. The van der Waals surface area contributed by atoms with Crippen molar-refractivity contribution in [3.05, 3.63) is 96.6 Å². The molecule has 0 bridgehead atoms. The van der Waals surface area contributed by atoms with Crippen LogP contribution < -0.4 is 10.6 Å². The standard InChI is InChI=1S/C24H20N4O/c1-17(29)18-12-14-21(15-13-18)25-23-16-22(19-8-4-2-5-9-19)27-24(28-23)26-20-10-6-3-7-11-20/h2-16H,1H3,(H2,25,26,27,28). The average Bonchev–Trinajstić information content (AvgIpc) is 2.75. The molecule has 2 N–H and O–H groups in total. The highest BCUT2D eigenvalue weighted by molar-refractivity contribution is 5.94. The molecule has 3 aromatic carbocycles. The molecule has 0 spiro atoms. The van der Waals surface area contributed by atoms with E-state index in [1.165, 1.54) is 0 Å². The topological polar surface area (TPSA) is 66.9 Å². The van der Waals surface area contributed by atoms with Gasteiger partial charge in [-0.15, -0.1) is 0 Å². The van der Waals surface area contributed by atoms with E-state index < -0.39 is 0 Å². The third-order valence-corrected chi connectivity index (χ3v) is 4.39. The summed E-state index contributed by atoms with van der Waals surface area (Å²) in [6.07, 6.45) is 0. The van der Waals surface area contributed by atoms with Crippen LogP contribution in [0.4, 0.5) is 23.1 Å². The van der Waals surface area contributed by atoms with E-state index in [2.05, 4.69) is 20.6 Å². The monoisotopic (exact) mass is 380 g/mol. The zero-order valence-electron chi connectivity index (χ0n) is 16.0. The molecule has 29 heavy (non-hydrogen) atoms. The Labute approximate surface area is 169 Å². The van der Waals surface area contributed by atoms with Gasteiger partial charge in [0.2, 0.25) is 5.95 Å². The van der Waals surface area contributed by atoms with E-state index in [0.29, 0.717) is 17.3 Å². The molecule has 1 aromatic heterocycles. The van der Waals surface area contributed by atoms with Crippen molar-refractivity contribution in [1.82, 2.24) is 9.97 Å². The predicted molar refractivity (Wildman–Crippen MR) is 117 cm³/mol. The molecule has 0 saturated heterocycles. The van der Waals surface area contributed by atoms with Gasteiger partial charge in [0.15, 0.2) is 5.78 Å². The number of carbonyl (C=O) groups is 1. The average molecular weight is 380 g/mol. The van der Waals surface area contributed by atoms with E-state index in [0.717, 1.165) is 22.6 Å². The fourth-order valence-electron chi connectivity index (χ4n) is 2.91. The minimum atomic E-state index is 0.0410. The number of hydrogen-bond acceptors (Lipinski definition) is 5. The Balaban J connectivity index is 1.68. The Hall–Kier alpha value is -3.99. The summed E-state index contributed by atoms with van der Waals surface area (Å²) < 4.78 is 0. The summed E-state index contributed by atoms with van der Waals surface area (Å²) in [4.78, 5) is 20.8. The summed E-state index contributed by atoms with van der Waals surface area (Å²) in [5.74, 6) is 1.20. The summed E-state index contributed by atoms with van der Waals surface area (Å²) in [7, 11) is 0. The van der Waals surface area contributed by atoms with Crippen LogP contribution >= 0.6 is 0 Å². The number of nitrogens with one attached hydrogen (secondary N) is 2. The highest BCUT2D eigenvalue weighted by atomic mass is 16.1. The van der Waals surface area contributed by atoms with E-state index in [4.69, 9.17) is 0 Å². The molecule has 5 nitrogen and oxygen atoms in total. The third kappa shape index (κ3) is 4.65. The first-order chi connectivity index (χ1) is 14.2. The van der Waals surface area contributed by atoms with Crippen molar-refractivity contribution >= 4 is 28.9 Å². The largest absolute Gasteiger partial charge is 0.340 e. The number of aromatic nitrogens is 2. The predicted octanol–water partition coefficient (Wildman–Crippen LogP) is 5.83. The van der Waals surface area contributed by atoms with Gasteiger partial charge in [0.05, 0.1) is 5.69 Å². The Kier molecular flexibility index (Phi) is 5.29. The fraction of sp³-hybridized carbons (Fsp3) is 0.0417. The van der Waals surface area contributed by atoms with E-state index in [1.54, 1.807) is 19.1 Å². The first-order valence-electron chi connectivity index (χ1n) is 9.32. The molecule has 0 amide bonds. The highest BCUT2D eigenvalue weighted by Crippen LogP contribution is 2.25. The van der Waals surface area contributed by atoms with Crippen molar-refractivity contribution in [2.24, 2.45) is 0 Å². The van der Waals surface area contributed by atoms with E-state index in [1.807, 2.05) is 78.9 Å². The first kappa shape index (κ1) is 18.4. The molecule has 0 fully saturated rings. The summed E-state index contributed by atoms with van der Waals surface area (Å²) >= 11 is 0. The van der Waals surface area contributed by atoms with Crippen LogP contribution in [0.3, 0.4) is 0 Å². The molecule has 0 aliphatic rings. The normalized spacial score (nSPS) is 10.4. The van der Waals surface area contributed by atoms with Gasteiger partial charge in [-0.25, -0.2) is 4.98 Å². The van der Waals surface area contributed by atoms with E-state index in [-0.39, 0.29) is 5.78 Å². The van der Waals surface area contributed by atoms with Crippen LogP contribution in [0.15, 0.2) is 91.0 Å². The molecule has 0 aliphatic heterocycles. The minimum absolute atomic E-state index is 0.0410. The summed E-state index contributed by atoms with van der Waals surface area (Å²) in [5, 5.41) is 6.56. The second kappa shape index (κ2) is 8.35. The summed E-state index contributed by atoms with van der Waals surface area (Å²) in [6.45, 7) is 1.56. The first-order valence-corrected chi connectivity index (χ1v) is 9.32. The van der Waals surface area contributed by atoms with Gasteiger partial charge in [-0.2, -0.15) is 4.98 Å². The lowest BCUT2D eigenvalue weighted by Crippen LogP contribution is -2.02. The molecule has 142 valence electrons.